The summed E-state index contributed by atoms with van der Waals surface area (Å²) in [6.45, 7) is 6.34. The van der Waals surface area contributed by atoms with Gasteiger partial charge in [0, 0.05) is 56.2 Å². The summed E-state index contributed by atoms with van der Waals surface area (Å²) >= 11 is 0. The van der Waals surface area contributed by atoms with Gasteiger partial charge in [-0.3, -0.25) is 14.5 Å². The number of methoxy groups -OCH3 is 1. The van der Waals surface area contributed by atoms with Gasteiger partial charge >= 0.3 is 0 Å². The molecule has 2 heterocycles. The average molecular weight is 557 g/mol. The van der Waals surface area contributed by atoms with Crippen LogP contribution in [0.4, 0.5) is 11.4 Å². The molecule has 5 rings (SSSR count). The highest BCUT2D eigenvalue weighted by Gasteiger charge is 2.24. The Labute approximate surface area is 242 Å². The van der Waals surface area contributed by atoms with E-state index in [0.717, 1.165) is 70.9 Å². The molecule has 0 unspecified atom stereocenters. The third-order valence-electron chi connectivity index (χ3n) is 7.99. The van der Waals surface area contributed by atoms with E-state index in [4.69, 9.17) is 9.47 Å². The SMILES string of the molecule is COc1ccc(C(=O)Nc2ccc(N3CCC(Cc4ccccc4)CC3)c(C(=O)NCCN3CCOCC3)c2)cc1. The van der Waals surface area contributed by atoms with E-state index in [9.17, 15) is 9.59 Å². The van der Waals surface area contributed by atoms with Gasteiger partial charge in [0.15, 0.2) is 0 Å². The molecule has 0 atom stereocenters. The first-order chi connectivity index (χ1) is 20.1. The summed E-state index contributed by atoms with van der Waals surface area (Å²) in [6, 6.07) is 23.3. The van der Waals surface area contributed by atoms with Gasteiger partial charge in [-0.05, 0) is 73.2 Å². The molecule has 2 N–H and O–H groups in total. The van der Waals surface area contributed by atoms with Crippen LogP contribution < -0.4 is 20.3 Å². The van der Waals surface area contributed by atoms with Gasteiger partial charge in [-0.1, -0.05) is 30.3 Å². The van der Waals surface area contributed by atoms with Crippen molar-refractivity contribution >= 4 is 23.2 Å². The summed E-state index contributed by atoms with van der Waals surface area (Å²) in [5.74, 6) is 0.956. The lowest BCUT2D eigenvalue weighted by Crippen LogP contribution is -2.41. The molecule has 0 aliphatic carbocycles. The molecular weight excluding hydrogens is 516 g/mol. The molecule has 2 aliphatic heterocycles. The molecule has 8 nitrogen and oxygen atoms in total. The molecule has 2 fully saturated rings. The molecule has 0 saturated carbocycles. The van der Waals surface area contributed by atoms with E-state index in [-0.39, 0.29) is 11.8 Å². The van der Waals surface area contributed by atoms with Crippen molar-refractivity contribution in [3.8, 4) is 5.75 Å². The zero-order chi connectivity index (χ0) is 28.4. The summed E-state index contributed by atoms with van der Waals surface area (Å²) in [4.78, 5) is 31.1. The zero-order valence-corrected chi connectivity index (χ0v) is 23.8. The summed E-state index contributed by atoms with van der Waals surface area (Å²) in [5.41, 5.74) is 3.98. The second-order valence-corrected chi connectivity index (χ2v) is 10.7. The van der Waals surface area contributed by atoms with Crippen molar-refractivity contribution in [1.82, 2.24) is 10.2 Å². The van der Waals surface area contributed by atoms with Gasteiger partial charge in [0.05, 0.1) is 25.9 Å². The number of morpholine rings is 1. The Kier molecular flexibility index (Phi) is 9.88. The minimum atomic E-state index is -0.235. The van der Waals surface area contributed by atoms with E-state index < -0.39 is 0 Å². The summed E-state index contributed by atoms with van der Waals surface area (Å²) in [7, 11) is 1.59. The fourth-order valence-electron chi connectivity index (χ4n) is 5.59. The highest BCUT2D eigenvalue weighted by Crippen LogP contribution is 2.30. The van der Waals surface area contributed by atoms with Crippen molar-refractivity contribution in [2.75, 3.05) is 69.8 Å². The summed E-state index contributed by atoms with van der Waals surface area (Å²) < 4.78 is 10.6. The molecule has 8 heteroatoms. The number of rotatable bonds is 10. The predicted octanol–water partition coefficient (Wildman–Crippen LogP) is 4.47. The van der Waals surface area contributed by atoms with Crippen LogP contribution in [-0.4, -0.2) is 76.3 Å². The molecule has 216 valence electrons. The number of hydrogen-bond donors (Lipinski definition) is 2. The van der Waals surface area contributed by atoms with Crippen LogP contribution in [0.1, 0.15) is 39.1 Å². The quantitative estimate of drug-likeness (QED) is 0.384. The van der Waals surface area contributed by atoms with Gasteiger partial charge in [0.1, 0.15) is 5.75 Å². The number of piperidine rings is 1. The molecule has 0 radical (unpaired) electrons. The maximum Gasteiger partial charge on any atom is 0.255 e. The smallest absolute Gasteiger partial charge is 0.255 e. The molecule has 3 aromatic carbocycles. The Balaban J connectivity index is 1.28. The number of benzene rings is 3. The van der Waals surface area contributed by atoms with Crippen LogP contribution in [0.5, 0.6) is 5.75 Å². The van der Waals surface area contributed by atoms with Crippen molar-refractivity contribution in [2.45, 2.75) is 19.3 Å². The average Bonchev–Trinajstić information content (AvgIpc) is 3.02. The third-order valence-corrected chi connectivity index (χ3v) is 7.99. The Morgan fingerprint density at radius 1 is 0.902 bits per heavy atom. The Hall–Kier alpha value is -3.88. The molecule has 0 spiro atoms. The number of carbonyl (C=O) groups is 2. The topological polar surface area (TPSA) is 83.1 Å². The van der Waals surface area contributed by atoms with Crippen LogP contribution in [-0.2, 0) is 11.2 Å². The second kappa shape index (κ2) is 14.1. The Bertz CT molecular complexity index is 1280. The van der Waals surface area contributed by atoms with Crippen molar-refractivity contribution in [1.29, 1.82) is 0 Å². The zero-order valence-electron chi connectivity index (χ0n) is 23.8. The number of amides is 2. The molecule has 2 aliphatic rings. The van der Waals surface area contributed by atoms with E-state index in [1.54, 1.807) is 37.4 Å². The highest BCUT2D eigenvalue weighted by molar-refractivity contribution is 6.06. The Morgan fingerprint density at radius 2 is 1.63 bits per heavy atom. The fourth-order valence-corrected chi connectivity index (χ4v) is 5.59. The largest absolute Gasteiger partial charge is 0.497 e. The van der Waals surface area contributed by atoms with Gasteiger partial charge < -0.3 is 25.0 Å². The monoisotopic (exact) mass is 556 g/mol. The number of nitrogens with one attached hydrogen (secondary N) is 2. The Morgan fingerprint density at radius 3 is 2.34 bits per heavy atom. The molecule has 0 bridgehead atoms. The first-order valence-corrected chi connectivity index (χ1v) is 14.6. The second-order valence-electron chi connectivity index (χ2n) is 10.7. The maximum absolute atomic E-state index is 13.5. The molecule has 41 heavy (non-hydrogen) atoms. The molecule has 0 aromatic heterocycles. The third kappa shape index (κ3) is 7.86. The van der Waals surface area contributed by atoms with Gasteiger partial charge in [-0.25, -0.2) is 0 Å². The van der Waals surface area contributed by atoms with Crippen molar-refractivity contribution in [3.63, 3.8) is 0 Å². The molecular formula is C33H40N4O4. The van der Waals surface area contributed by atoms with Crippen LogP contribution >= 0.6 is 0 Å². The number of anilines is 2. The molecule has 2 amide bonds. The first-order valence-electron chi connectivity index (χ1n) is 14.6. The van der Waals surface area contributed by atoms with Gasteiger partial charge in [0.2, 0.25) is 0 Å². The normalized spacial score (nSPS) is 16.3. The lowest BCUT2D eigenvalue weighted by atomic mass is 9.89. The van der Waals surface area contributed by atoms with E-state index in [1.165, 1.54) is 5.56 Å². The standard InChI is InChI=1S/C33H40N4O4/c1-40-29-10-7-27(8-11-29)32(38)35-28-9-12-31(30(24-28)33(39)34-15-18-36-19-21-41-22-20-36)37-16-13-26(14-17-37)23-25-5-3-2-4-6-25/h2-12,24,26H,13-23H2,1H3,(H,34,39)(H,35,38). The summed E-state index contributed by atoms with van der Waals surface area (Å²) in [5, 5.41) is 6.08. The van der Waals surface area contributed by atoms with Gasteiger partial charge in [0.25, 0.3) is 11.8 Å². The van der Waals surface area contributed by atoms with Crippen LogP contribution in [0.15, 0.2) is 72.8 Å². The van der Waals surface area contributed by atoms with E-state index in [1.807, 2.05) is 12.1 Å². The highest BCUT2D eigenvalue weighted by atomic mass is 16.5. The lowest BCUT2D eigenvalue weighted by molar-refractivity contribution is 0.0383. The predicted molar refractivity (Wildman–Crippen MR) is 162 cm³/mol. The van der Waals surface area contributed by atoms with Gasteiger partial charge in [-0.15, -0.1) is 0 Å². The van der Waals surface area contributed by atoms with Crippen molar-refractivity contribution < 1.29 is 19.1 Å². The lowest BCUT2D eigenvalue weighted by Gasteiger charge is -2.35. The van der Waals surface area contributed by atoms with Crippen LogP contribution in [0.2, 0.25) is 0 Å². The fraction of sp³-hybridized carbons (Fsp3) is 0.394. The number of carbonyl (C=O) groups excluding carboxylic acids is 2. The van der Waals surface area contributed by atoms with Crippen molar-refractivity contribution in [3.05, 3.63) is 89.5 Å². The minimum absolute atomic E-state index is 0.125. The van der Waals surface area contributed by atoms with Gasteiger partial charge in [-0.2, -0.15) is 0 Å². The summed E-state index contributed by atoms with van der Waals surface area (Å²) in [6.07, 6.45) is 3.23. The van der Waals surface area contributed by atoms with Crippen LogP contribution in [0.25, 0.3) is 0 Å². The first kappa shape index (κ1) is 28.6. The van der Waals surface area contributed by atoms with E-state index in [0.29, 0.717) is 35.0 Å². The number of nitrogens with zero attached hydrogens (tertiary/aromatic N) is 2. The minimum Gasteiger partial charge on any atom is -0.497 e. The van der Waals surface area contributed by atoms with E-state index >= 15 is 0 Å². The van der Waals surface area contributed by atoms with Crippen LogP contribution in [0.3, 0.4) is 0 Å². The van der Waals surface area contributed by atoms with Crippen molar-refractivity contribution in [2.24, 2.45) is 5.92 Å². The molecule has 3 aromatic rings. The van der Waals surface area contributed by atoms with E-state index in [2.05, 4.69) is 50.8 Å². The number of hydrogen-bond acceptors (Lipinski definition) is 6. The number of ether oxygens (including phenoxy) is 2. The maximum atomic E-state index is 13.5. The van der Waals surface area contributed by atoms with Crippen LogP contribution in [0, 0.1) is 5.92 Å². The molecule has 2 saturated heterocycles.